The molecule has 2 N–H and O–H groups in total. The molecule has 0 bridgehead atoms. The van der Waals surface area contributed by atoms with Crippen molar-refractivity contribution in [2.75, 3.05) is 13.2 Å². The zero-order valence-electron chi connectivity index (χ0n) is 11.1. The molecule has 0 aliphatic rings. The Morgan fingerprint density at radius 2 is 2.00 bits per heavy atom. The van der Waals surface area contributed by atoms with Crippen molar-refractivity contribution in [3.8, 4) is 5.75 Å². The second-order valence-corrected chi connectivity index (χ2v) is 4.31. The predicted octanol–water partition coefficient (Wildman–Crippen LogP) is 2.96. The van der Waals surface area contributed by atoms with Crippen molar-refractivity contribution >= 4 is 5.71 Å². The summed E-state index contributed by atoms with van der Waals surface area (Å²) in [6.07, 6.45) is 3.54. The van der Waals surface area contributed by atoms with Gasteiger partial charge in [0.15, 0.2) is 0 Å². The van der Waals surface area contributed by atoms with Crippen molar-refractivity contribution in [2.45, 2.75) is 32.6 Å². The molecule has 1 aromatic rings. The summed E-state index contributed by atoms with van der Waals surface area (Å²) >= 11 is 0. The first kappa shape index (κ1) is 15.4. The molecule has 0 unspecified atom stereocenters. The lowest BCUT2D eigenvalue weighted by Crippen LogP contribution is -2.04. The smallest absolute Gasteiger partial charge is 0.131 e. The Morgan fingerprint density at radius 3 is 2.68 bits per heavy atom. The summed E-state index contributed by atoms with van der Waals surface area (Å²) < 4.78 is 18.7. The van der Waals surface area contributed by atoms with Crippen LogP contribution < -0.4 is 4.74 Å². The van der Waals surface area contributed by atoms with Gasteiger partial charge in [0.25, 0.3) is 0 Å². The van der Waals surface area contributed by atoms with Gasteiger partial charge in [0, 0.05) is 18.2 Å². The van der Waals surface area contributed by atoms with E-state index in [-0.39, 0.29) is 12.4 Å². The van der Waals surface area contributed by atoms with Gasteiger partial charge in [-0.05, 0) is 38.3 Å². The number of hydrogen-bond donors (Lipinski definition) is 2. The summed E-state index contributed by atoms with van der Waals surface area (Å²) in [6.45, 7) is 2.31. The second-order valence-electron chi connectivity index (χ2n) is 4.31. The van der Waals surface area contributed by atoms with E-state index in [0.29, 0.717) is 23.6 Å². The van der Waals surface area contributed by atoms with Gasteiger partial charge in [0.1, 0.15) is 11.6 Å². The van der Waals surface area contributed by atoms with Gasteiger partial charge in [-0.25, -0.2) is 4.39 Å². The zero-order chi connectivity index (χ0) is 14.1. The van der Waals surface area contributed by atoms with Crippen LogP contribution in [0, 0.1) is 5.82 Å². The van der Waals surface area contributed by atoms with Crippen molar-refractivity contribution in [1.82, 2.24) is 0 Å². The summed E-state index contributed by atoms with van der Waals surface area (Å²) in [5.74, 6) is 0.00206. The quantitative estimate of drug-likeness (QED) is 0.330. The lowest BCUT2D eigenvalue weighted by Gasteiger charge is -2.10. The molecule has 0 saturated heterocycles. The number of rotatable bonds is 8. The number of oxime groups is 1. The van der Waals surface area contributed by atoms with Crippen LogP contribution >= 0.6 is 0 Å². The number of unbranched alkanes of at least 4 members (excludes halogenated alkanes) is 3. The minimum Gasteiger partial charge on any atom is -0.493 e. The highest BCUT2D eigenvalue weighted by Gasteiger charge is 2.08. The number of aliphatic hydroxyl groups is 1. The zero-order valence-corrected chi connectivity index (χ0v) is 11.1. The van der Waals surface area contributed by atoms with Crippen molar-refractivity contribution in [2.24, 2.45) is 5.16 Å². The van der Waals surface area contributed by atoms with E-state index in [1.165, 1.54) is 18.2 Å². The molecule has 0 fully saturated rings. The van der Waals surface area contributed by atoms with E-state index in [1.54, 1.807) is 6.92 Å². The summed E-state index contributed by atoms with van der Waals surface area (Å²) in [5.41, 5.74) is 0.967. The molecule has 1 rings (SSSR count). The number of hydrogen-bond acceptors (Lipinski definition) is 4. The topological polar surface area (TPSA) is 62.1 Å². The standard InChI is InChI=1S/C14H20FNO3/c1-11(16-18)13-7-6-12(15)10-14(13)19-9-5-3-2-4-8-17/h6-7,10,17-18H,2-5,8-9H2,1H3/b16-11-. The van der Waals surface area contributed by atoms with Crippen LogP contribution in [0.1, 0.15) is 38.2 Å². The van der Waals surface area contributed by atoms with Crippen LogP contribution in [0.4, 0.5) is 4.39 Å². The van der Waals surface area contributed by atoms with E-state index < -0.39 is 0 Å². The van der Waals surface area contributed by atoms with Crippen LogP contribution in [0.5, 0.6) is 5.75 Å². The fourth-order valence-electron chi connectivity index (χ4n) is 1.72. The number of benzene rings is 1. The largest absolute Gasteiger partial charge is 0.493 e. The normalized spacial score (nSPS) is 11.6. The van der Waals surface area contributed by atoms with E-state index in [9.17, 15) is 4.39 Å². The third-order valence-corrected chi connectivity index (χ3v) is 2.79. The number of nitrogens with zero attached hydrogens (tertiary/aromatic N) is 1. The molecule has 0 amide bonds. The minimum atomic E-state index is -0.384. The Hall–Kier alpha value is -1.62. The highest BCUT2D eigenvalue weighted by atomic mass is 19.1. The monoisotopic (exact) mass is 269 g/mol. The van der Waals surface area contributed by atoms with E-state index in [2.05, 4.69) is 5.16 Å². The minimum absolute atomic E-state index is 0.209. The lowest BCUT2D eigenvalue weighted by molar-refractivity contribution is 0.273. The van der Waals surface area contributed by atoms with Crippen LogP contribution in [0.2, 0.25) is 0 Å². The van der Waals surface area contributed by atoms with E-state index >= 15 is 0 Å². The number of aliphatic hydroxyl groups excluding tert-OH is 1. The van der Waals surface area contributed by atoms with Gasteiger partial charge in [-0.15, -0.1) is 0 Å². The molecule has 0 radical (unpaired) electrons. The molecule has 19 heavy (non-hydrogen) atoms. The van der Waals surface area contributed by atoms with Crippen molar-refractivity contribution in [3.63, 3.8) is 0 Å². The van der Waals surface area contributed by atoms with Gasteiger partial charge in [-0.1, -0.05) is 11.6 Å². The maximum atomic E-state index is 13.2. The first-order valence-corrected chi connectivity index (χ1v) is 6.41. The third kappa shape index (κ3) is 5.26. The Kier molecular flexibility index (Phi) is 6.89. The highest BCUT2D eigenvalue weighted by molar-refractivity contribution is 6.00. The Labute approximate surface area is 112 Å². The molecule has 0 aliphatic carbocycles. The second kappa shape index (κ2) is 8.48. The maximum Gasteiger partial charge on any atom is 0.131 e. The summed E-state index contributed by atoms with van der Waals surface area (Å²) in [5, 5.41) is 20.5. The average molecular weight is 269 g/mol. The van der Waals surface area contributed by atoms with Crippen LogP contribution in [-0.4, -0.2) is 29.2 Å². The molecule has 1 aromatic carbocycles. The predicted molar refractivity (Wildman–Crippen MR) is 71.4 cm³/mol. The Balaban J connectivity index is 2.54. The van der Waals surface area contributed by atoms with Crippen LogP contribution in [-0.2, 0) is 0 Å². The fourth-order valence-corrected chi connectivity index (χ4v) is 1.72. The molecule has 0 spiro atoms. The van der Waals surface area contributed by atoms with Crippen molar-refractivity contribution < 1.29 is 19.4 Å². The molecule has 0 aromatic heterocycles. The molecule has 5 heteroatoms. The molecule has 0 saturated carbocycles. The molecule has 0 heterocycles. The van der Waals surface area contributed by atoms with E-state index in [0.717, 1.165) is 25.7 Å². The van der Waals surface area contributed by atoms with Crippen LogP contribution in [0.25, 0.3) is 0 Å². The fraction of sp³-hybridized carbons (Fsp3) is 0.500. The van der Waals surface area contributed by atoms with Crippen molar-refractivity contribution in [1.29, 1.82) is 0 Å². The Bertz CT molecular complexity index is 421. The summed E-state index contributed by atoms with van der Waals surface area (Å²) in [6, 6.07) is 4.13. The van der Waals surface area contributed by atoms with Gasteiger partial charge < -0.3 is 15.1 Å². The van der Waals surface area contributed by atoms with Gasteiger partial charge >= 0.3 is 0 Å². The van der Waals surface area contributed by atoms with E-state index in [1.807, 2.05) is 0 Å². The Morgan fingerprint density at radius 1 is 1.26 bits per heavy atom. The molecule has 4 nitrogen and oxygen atoms in total. The molecule has 0 aliphatic heterocycles. The van der Waals surface area contributed by atoms with Gasteiger partial charge in [0.2, 0.25) is 0 Å². The molecular weight excluding hydrogens is 249 g/mol. The molecule has 106 valence electrons. The summed E-state index contributed by atoms with van der Waals surface area (Å²) in [4.78, 5) is 0. The first-order valence-electron chi connectivity index (χ1n) is 6.41. The lowest BCUT2D eigenvalue weighted by atomic mass is 10.1. The van der Waals surface area contributed by atoms with Crippen LogP contribution in [0.15, 0.2) is 23.4 Å². The number of halogens is 1. The van der Waals surface area contributed by atoms with Gasteiger partial charge in [-0.3, -0.25) is 0 Å². The van der Waals surface area contributed by atoms with Gasteiger partial charge in [-0.2, -0.15) is 0 Å². The maximum absolute atomic E-state index is 13.2. The van der Waals surface area contributed by atoms with Crippen molar-refractivity contribution in [3.05, 3.63) is 29.6 Å². The molecule has 0 atom stereocenters. The first-order chi connectivity index (χ1) is 9.19. The molecular formula is C14H20FNO3. The number of ether oxygens (including phenoxy) is 1. The van der Waals surface area contributed by atoms with E-state index in [4.69, 9.17) is 15.1 Å². The third-order valence-electron chi connectivity index (χ3n) is 2.79. The summed E-state index contributed by atoms with van der Waals surface area (Å²) in [7, 11) is 0. The van der Waals surface area contributed by atoms with Gasteiger partial charge in [0.05, 0.1) is 12.3 Å². The SMILES string of the molecule is C/C(=N/O)c1ccc(F)cc1OCCCCCCO. The highest BCUT2D eigenvalue weighted by Crippen LogP contribution is 2.21. The average Bonchev–Trinajstić information content (AvgIpc) is 2.42. The van der Waals surface area contributed by atoms with Crippen LogP contribution in [0.3, 0.4) is 0 Å².